The average molecular weight is 328 g/mol. The number of hydrogen-bond acceptors (Lipinski definition) is 3. The zero-order chi connectivity index (χ0) is 15.2. The summed E-state index contributed by atoms with van der Waals surface area (Å²) in [6.45, 7) is 2.96. The number of nitrogens with one attached hydrogen (secondary N) is 1. The normalized spacial score (nSPS) is 10.4. The van der Waals surface area contributed by atoms with Gasteiger partial charge in [0.1, 0.15) is 5.75 Å². The maximum Gasteiger partial charge on any atom is 0.258 e. The van der Waals surface area contributed by atoms with E-state index in [0.717, 1.165) is 5.56 Å². The topological polar surface area (TPSA) is 56.2 Å². The van der Waals surface area contributed by atoms with Crippen LogP contribution >= 0.6 is 23.2 Å². The first-order valence-electron chi connectivity index (χ1n) is 6.38. The zero-order valence-electron chi connectivity index (χ0n) is 11.5. The van der Waals surface area contributed by atoms with Crippen molar-refractivity contribution in [2.75, 3.05) is 13.2 Å². The minimum Gasteiger partial charge on any atom is -0.482 e. The van der Waals surface area contributed by atoms with Crippen LogP contribution in [-0.4, -0.2) is 28.8 Å². The van der Waals surface area contributed by atoms with E-state index in [9.17, 15) is 4.79 Å². The molecule has 1 amide bonds. The molecule has 1 N–H and O–H groups in total. The Kier molecular flexibility index (Phi) is 5.47. The van der Waals surface area contributed by atoms with Crippen LogP contribution in [0.1, 0.15) is 5.56 Å². The third-order valence-electron chi connectivity index (χ3n) is 2.68. The van der Waals surface area contributed by atoms with Crippen LogP contribution < -0.4 is 10.1 Å². The van der Waals surface area contributed by atoms with E-state index in [1.165, 1.54) is 0 Å². The number of hydrogen-bond donors (Lipinski definition) is 1. The van der Waals surface area contributed by atoms with Crippen molar-refractivity contribution in [3.05, 3.63) is 46.2 Å². The molecule has 0 bridgehead atoms. The van der Waals surface area contributed by atoms with E-state index in [2.05, 4.69) is 10.4 Å². The summed E-state index contributed by atoms with van der Waals surface area (Å²) in [7, 11) is 0. The van der Waals surface area contributed by atoms with Crippen LogP contribution in [0.2, 0.25) is 10.0 Å². The number of aromatic nitrogens is 2. The van der Waals surface area contributed by atoms with Gasteiger partial charge in [-0.05, 0) is 30.7 Å². The molecule has 0 unspecified atom stereocenters. The minimum atomic E-state index is -0.218. The van der Waals surface area contributed by atoms with Crippen molar-refractivity contribution in [3.8, 4) is 5.75 Å². The number of carbonyl (C=O) groups excluding carboxylic acids is 1. The Balaban J connectivity index is 1.72. The molecule has 0 radical (unpaired) electrons. The monoisotopic (exact) mass is 327 g/mol. The van der Waals surface area contributed by atoms with E-state index < -0.39 is 0 Å². The van der Waals surface area contributed by atoms with Gasteiger partial charge in [-0.1, -0.05) is 23.2 Å². The van der Waals surface area contributed by atoms with E-state index in [-0.39, 0.29) is 12.5 Å². The third-order valence-corrected chi connectivity index (χ3v) is 3.21. The number of ether oxygens (including phenoxy) is 1. The molecular formula is C14H15Cl2N3O2. The van der Waals surface area contributed by atoms with Crippen LogP contribution in [0.25, 0.3) is 0 Å². The van der Waals surface area contributed by atoms with Crippen molar-refractivity contribution < 1.29 is 9.53 Å². The second kappa shape index (κ2) is 7.33. The van der Waals surface area contributed by atoms with Gasteiger partial charge in [0, 0.05) is 17.8 Å². The van der Waals surface area contributed by atoms with Gasteiger partial charge in [0.15, 0.2) is 6.61 Å². The van der Waals surface area contributed by atoms with Gasteiger partial charge in [-0.15, -0.1) is 0 Å². The number of carbonyl (C=O) groups is 1. The van der Waals surface area contributed by atoms with Crippen molar-refractivity contribution >= 4 is 29.1 Å². The quantitative estimate of drug-likeness (QED) is 0.887. The Labute approximate surface area is 132 Å². The highest BCUT2D eigenvalue weighted by atomic mass is 35.5. The van der Waals surface area contributed by atoms with Crippen LogP contribution in [0, 0.1) is 6.92 Å². The van der Waals surface area contributed by atoms with Gasteiger partial charge in [-0.2, -0.15) is 5.10 Å². The fourth-order valence-corrected chi connectivity index (χ4v) is 2.15. The van der Waals surface area contributed by atoms with Crippen LogP contribution in [0.3, 0.4) is 0 Å². The number of halogens is 2. The predicted molar refractivity (Wildman–Crippen MR) is 81.9 cm³/mol. The second-order valence-electron chi connectivity index (χ2n) is 4.49. The summed E-state index contributed by atoms with van der Waals surface area (Å²) >= 11 is 11.7. The molecule has 5 nitrogen and oxygen atoms in total. The highest BCUT2D eigenvalue weighted by Crippen LogP contribution is 2.27. The first-order chi connectivity index (χ1) is 10.0. The van der Waals surface area contributed by atoms with E-state index in [0.29, 0.717) is 28.9 Å². The molecule has 0 aliphatic carbocycles. The molecule has 1 heterocycles. The molecule has 0 spiro atoms. The maximum absolute atomic E-state index is 11.7. The first-order valence-corrected chi connectivity index (χ1v) is 7.14. The molecule has 0 atom stereocenters. The number of benzene rings is 1. The van der Waals surface area contributed by atoms with E-state index in [1.54, 1.807) is 29.1 Å². The Morgan fingerprint density at radius 2 is 2.24 bits per heavy atom. The number of rotatable bonds is 6. The smallest absolute Gasteiger partial charge is 0.258 e. The molecular weight excluding hydrogens is 313 g/mol. The largest absolute Gasteiger partial charge is 0.482 e. The molecule has 1 aromatic carbocycles. The Morgan fingerprint density at radius 3 is 2.90 bits per heavy atom. The molecule has 7 heteroatoms. The van der Waals surface area contributed by atoms with Gasteiger partial charge in [0.05, 0.1) is 17.8 Å². The fraction of sp³-hybridized carbons (Fsp3) is 0.286. The van der Waals surface area contributed by atoms with Crippen molar-refractivity contribution in [1.29, 1.82) is 0 Å². The first kappa shape index (κ1) is 15.7. The summed E-state index contributed by atoms with van der Waals surface area (Å²) in [6, 6.07) is 4.85. The molecule has 1 aromatic heterocycles. The number of amides is 1. The minimum absolute atomic E-state index is 0.0977. The summed E-state index contributed by atoms with van der Waals surface area (Å²) in [5, 5.41) is 7.77. The molecule has 21 heavy (non-hydrogen) atoms. The summed E-state index contributed by atoms with van der Waals surface area (Å²) in [5.74, 6) is 0.212. The van der Waals surface area contributed by atoms with E-state index in [4.69, 9.17) is 27.9 Å². The van der Waals surface area contributed by atoms with E-state index in [1.807, 2.05) is 13.1 Å². The Hall–Kier alpha value is -1.72. The van der Waals surface area contributed by atoms with Gasteiger partial charge >= 0.3 is 0 Å². The van der Waals surface area contributed by atoms with E-state index >= 15 is 0 Å². The highest BCUT2D eigenvalue weighted by Gasteiger charge is 2.06. The maximum atomic E-state index is 11.7. The standard InChI is InChI=1S/C14H15Cl2N3O2/c1-10-7-18-19(8-10)5-4-17-14(20)9-21-13-3-2-11(15)6-12(13)16/h2-3,6-8H,4-5,9H2,1H3,(H,17,20). The number of nitrogens with zero attached hydrogens (tertiary/aromatic N) is 2. The summed E-state index contributed by atoms with van der Waals surface area (Å²) < 4.78 is 7.11. The van der Waals surface area contributed by atoms with Crippen LogP contribution in [0.5, 0.6) is 5.75 Å². The van der Waals surface area contributed by atoms with Gasteiger partial charge in [0.2, 0.25) is 0 Å². The van der Waals surface area contributed by atoms with Crippen molar-refractivity contribution in [2.45, 2.75) is 13.5 Å². The summed E-state index contributed by atoms with van der Waals surface area (Å²) in [5.41, 5.74) is 1.09. The lowest BCUT2D eigenvalue weighted by Crippen LogP contribution is -2.31. The molecule has 0 fully saturated rings. The van der Waals surface area contributed by atoms with Gasteiger partial charge in [0.25, 0.3) is 5.91 Å². The molecule has 2 rings (SSSR count). The average Bonchev–Trinajstić information content (AvgIpc) is 2.83. The molecule has 112 valence electrons. The Morgan fingerprint density at radius 1 is 1.43 bits per heavy atom. The molecule has 0 aliphatic rings. The lowest BCUT2D eigenvalue weighted by atomic mass is 10.3. The molecule has 0 saturated carbocycles. The van der Waals surface area contributed by atoms with Gasteiger partial charge in [-0.3, -0.25) is 9.48 Å². The van der Waals surface area contributed by atoms with Crippen LogP contribution in [-0.2, 0) is 11.3 Å². The second-order valence-corrected chi connectivity index (χ2v) is 5.34. The lowest BCUT2D eigenvalue weighted by Gasteiger charge is -2.09. The third kappa shape index (κ3) is 4.95. The zero-order valence-corrected chi connectivity index (χ0v) is 13.0. The van der Waals surface area contributed by atoms with Crippen LogP contribution in [0.15, 0.2) is 30.6 Å². The number of aryl methyl sites for hydroxylation is 1. The van der Waals surface area contributed by atoms with Crippen molar-refractivity contribution in [2.24, 2.45) is 0 Å². The highest BCUT2D eigenvalue weighted by molar-refractivity contribution is 6.35. The lowest BCUT2D eigenvalue weighted by molar-refractivity contribution is -0.123. The molecule has 2 aromatic rings. The Bertz CT molecular complexity index is 628. The fourth-order valence-electron chi connectivity index (χ4n) is 1.69. The SMILES string of the molecule is Cc1cnn(CCNC(=O)COc2ccc(Cl)cc2Cl)c1. The summed E-state index contributed by atoms with van der Waals surface area (Å²) in [4.78, 5) is 11.7. The van der Waals surface area contributed by atoms with Gasteiger partial charge in [-0.25, -0.2) is 0 Å². The molecule has 0 aliphatic heterocycles. The van der Waals surface area contributed by atoms with Crippen molar-refractivity contribution in [1.82, 2.24) is 15.1 Å². The predicted octanol–water partition coefficient (Wildman–Crippen LogP) is 2.69. The van der Waals surface area contributed by atoms with Crippen LogP contribution in [0.4, 0.5) is 0 Å². The summed E-state index contributed by atoms with van der Waals surface area (Å²) in [6.07, 6.45) is 3.68. The van der Waals surface area contributed by atoms with Crippen molar-refractivity contribution in [3.63, 3.8) is 0 Å². The molecule has 0 saturated heterocycles. The van der Waals surface area contributed by atoms with Gasteiger partial charge < -0.3 is 10.1 Å².